The van der Waals surface area contributed by atoms with Crippen LogP contribution in [-0.4, -0.2) is 54.7 Å². The number of amides is 1. The number of carbonyl (C=O) groups excluding carboxylic acids is 1. The number of morpholine rings is 1. The predicted molar refractivity (Wildman–Crippen MR) is 122 cm³/mol. The van der Waals surface area contributed by atoms with Crippen LogP contribution >= 0.6 is 23.2 Å². The first-order valence-electron chi connectivity index (χ1n) is 9.80. The van der Waals surface area contributed by atoms with Crippen molar-refractivity contribution in [2.45, 2.75) is 11.4 Å². The van der Waals surface area contributed by atoms with Crippen molar-refractivity contribution in [3.05, 3.63) is 75.9 Å². The molecule has 0 unspecified atom stereocenters. The van der Waals surface area contributed by atoms with Crippen LogP contribution < -0.4 is 5.32 Å². The molecule has 1 amide bonds. The van der Waals surface area contributed by atoms with Crippen LogP contribution in [0.1, 0.15) is 15.9 Å². The highest BCUT2D eigenvalue weighted by Crippen LogP contribution is 2.26. The van der Waals surface area contributed by atoms with E-state index < -0.39 is 15.9 Å². The number of carbonyl (C=O) groups is 1. The van der Waals surface area contributed by atoms with Gasteiger partial charge in [0.2, 0.25) is 10.0 Å². The van der Waals surface area contributed by atoms with Gasteiger partial charge in [0, 0.05) is 40.3 Å². The van der Waals surface area contributed by atoms with Crippen LogP contribution in [-0.2, 0) is 21.3 Å². The number of ether oxygens (including phenoxy) is 1. The summed E-state index contributed by atoms with van der Waals surface area (Å²) in [6, 6.07) is 12.8. The number of halogens is 2. The fraction of sp³-hybridized carbons (Fsp3) is 0.238. The monoisotopic (exact) mass is 494 g/mol. The van der Waals surface area contributed by atoms with E-state index >= 15 is 0 Å². The molecule has 0 bridgehead atoms. The van der Waals surface area contributed by atoms with Gasteiger partial charge in [0.05, 0.1) is 30.9 Å². The number of rotatable bonds is 6. The maximum Gasteiger partial charge on any atom is 0.256 e. The molecule has 2 heterocycles. The molecule has 4 rings (SSSR count). The third-order valence-electron chi connectivity index (χ3n) is 5.03. The molecule has 1 aliphatic heterocycles. The number of anilines is 1. The fourth-order valence-electron chi connectivity index (χ4n) is 3.32. The minimum atomic E-state index is -3.71. The Bertz CT molecular complexity index is 1220. The Morgan fingerprint density at radius 2 is 1.75 bits per heavy atom. The van der Waals surface area contributed by atoms with Gasteiger partial charge in [-0.2, -0.15) is 9.40 Å². The molecule has 2 aromatic carbocycles. The molecule has 0 spiro atoms. The van der Waals surface area contributed by atoms with Crippen molar-refractivity contribution in [1.29, 1.82) is 0 Å². The summed E-state index contributed by atoms with van der Waals surface area (Å²) in [4.78, 5) is 12.9. The molecule has 1 fully saturated rings. The summed E-state index contributed by atoms with van der Waals surface area (Å²) in [6.45, 7) is 1.51. The first-order chi connectivity index (χ1) is 15.4. The number of benzene rings is 2. The van der Waals surface area contributed by atoms with Crippen LogP contribution in [0.4, 0.5) is 5.82 Å². The zero-order valence-electron chi connectivity index (χ0n) is 16.9. The minimum Gasteiger partial charge on any atom is -0.379 e. The van der Waals surface area contributed by atoms with E-state index in [9.17, 15) is 13.2 Å². The second-order valence-corrected chi connectivity index (χ2v) is 9.83. The first kappa shape index (κ1) is 22.8. The summed E-state index contributed by atoms with van der Waals surface area (Å²) in [5, 5.41) is 7.98. The molecule has 32 heavy (non-hydrogen) atoms. The highest BCUT2D eigenvalue weighted by Gasteiger charge is 2.27. The molecule has 0 saturated carbocycles. The maximum absolute atomic E-state index is 12.9. The van der Waals surface area contributed by atoms with E-state index in [1.54, 1.807) is 47.3 Å². The van der Waals surface area contributed by atoms with Crippen molar-refractivity contribution in [3.8, 4) is 0 Å². The van der Waals surface area contributed by atoms with Crippen LogP contribution in [0, 0.1) is 0 Å². The van der Waals surface area contributed by atoms with E-state index in [4.69, 9.17) is 27.9 Å². The summed E-state index contributed by atoms with van der Waals surface area (Å²) in [7, 11) is -3.71. The number of hydrogen-bond donors (Lipinski definition) is 1. The molecule has 0 aliphatic carbocycles. The lowest BCUT2D eigenvalue weighted by molar-refractivity contribution is 0.0730. The van der Waals surface area contributed by atoms with Gasteiger partial charge in [-0.05, 0) is 30.3 Å². The quantitative estimate of drug-likeness (QED) is 0.565. The Morgan fingerprint density at radius 3 is 2.47 bits per heavy atom. The zero-order valence-corrected chi connectivity index (χ0v) is 19.2. The van der Waals surface area contributed by atoms with Gasteiger partial charge >= 0.3 is 0 Å². The number of nitrogens with zero attached hydrogens (tertiary/aromatic N) is 3. The number of sulfonamides is 1. The smallest absolute Gasteiger partial charge is 0.256 e. The molecule has 11 heteroatoms. The molecule has 1 aliphatic rings. The highest BCUT2D eigenvalue weighted by atomic mass is 35.5. The maximum atomic E-state index is 12.9. The van der Waals surface area contributed by atoms with E-state index in [-0.39, 0.29) is 30.1 Å². The van der Waals surface area contributed by atoms with Gasteiger partial charge < -0.3 is 10.1 Å². The molecule has 0 radical (unpaired) electrons. The number of aromatic nitrogens is 2. The van der Waals surface area contributed by atoms with E-state index in [0.717, 1.165) is 0 Å². The molecule has 168 valence electrons. The second kappa shape index (κ2) is 9.60. The Kier molecular flexibility index (Phi) is 6.82. The minimum absolute atomic E-state index is 0.0587. The van der Waals surface area contributed by atoms with Gasteiger partial charge in [-0.3, -0.25) is 4.79 Å². The van der Waals surface area contributed by atoms with Gasteiger partial charge in [-0.25, -0.2) is 13.1 Å². The van der Waals surface area contributed by atoms with Crippen LogP contribution in [0.25, 0.3) is 0 Å². The Labute approximate surface area is 195 Å². The van der Waals surface area contributed by atoms with Crippen LogP contribution in [0.2, 0.25) is 10.0 Å². The first-order valence-corrected chi connectivity index (χ1v) is 12.0. The van der Waals surface area contributed by atoms with Crippen LogP contribution in [0.3, 0.4) is 0 Å². The van der Waals surface area contributed by atoms with Crippen LogP contribution in [0.15, 0.2) is 59.6 Å². The Morgan fingerprint density at radius 1 is 1.06 bits per heavy atom. The average Bonchev–Trinajstić information content (AvgIpc) is 3.23. The number of hydrogen-bond acceptors (Lipinski definition) is 5. The Hall–Kier alpha value is -2.43. The molecule has 1 saturated heterocycles. The third kappa shape index (κ3) is 4.82. The van der Waals surface area contributed by atoms with Crippen molar-refractivity contribution >= 4 is 45.0 Å². The molecule has 0 atom stereocenters. The topological polar surface area (TPSA) is 93.5 Å². The van der Waals surface area contributed by atoms with Gasteiger partial charge in [0.25, 0.3) is 5.91 Å². The molecule has 1 N–H and O–H groups in total. The third-order valence-corrected chi connectivity index (χ3v) is 7.63. The van der Waals surface area contributed by atoms with E-state index in [2.05, 4.69) is 10.4 Å². The lowest BCUT2D eigenvalue weighted by Crippen LogP contribution is -2.40. The summed E-state index contributed by atoms with van der Waals surface area (Å²) >= 11 is 12.5. The standard InChI is InChI=1S/C21H20Cl2N4O4S/c22-18-5-2-6-19(23)17(18)14-27-20(7-8-24-27)25-21(28)15-3-1-4-16(13-15)32(29,30)26-9-11-31-12-10-26/h1-8,13H,9-12,14H2,(H,25,28). The van der Waals surface area contributed by atoms with Gasteiger partial charge in [-0.1, -0.05) is 35.3 Å². The summed E-state index contributed by atoms with van der Waals surface area (Å²) in [5.74, 6) is -0.0385. The average molecular weight is 495 g/mol. The molecular formula is C21H20Cl2N4O4S. The fourth-order valence-corrected chi connectivity index (χ4v) is 5.29. The summed E-state index contributed by atoms with van der Waals surface area (Å²) in [5.41, 5.74) is 0.886. The number of nitrogens with one attached hydrogen (secondary N) is 1. The molecule has 8 nitrogen and oxygen atoms in total. The Balaban J connectivity index is 1.53. The van der Waals surface area contributed by atoms with Crippen LogP contribution in [0.5, 0.6) is 0 Å². The zero-order chi connectivity index (χ0) is 22.7. The summed E-state index contributed by atoms with van der Waals surface area (Å²) in [6.07, 6.45) is 1.54. The van der Waals surface area contributed by atoms with Gasteiger partial charge in [-0.15, -0.1) is 0 Å². The normalized spacial score (nSPS) is 14.9. The van der Waals surface area contributed by atoms with Crippen molar-refractivity contribution in [1.82, 2.24) is 14.1 Å². The van der Waals surface area contributed by atoms with E-state index in [1.807, 2.05) is 0 Å². The molecule has 1 aromatic heterocycles. The molecular weight excluding hydrogens is 475 g/mol. The van der Waals surface area contributed by atoms with Crippen molar-refractivity contribution in [2.75, 3.05) is 31.6 Å². The second-order valence-electron chi connectivity index (χ2n) is 7.07. The lowest BCUT2D eigenvalue weighted by Gasteiger charge is -2.26. The van der Waals surface area contributed by atoms with Gasteiger partial charge in [0.1, 0.15) is 5.82 Å². The lowest BCUT2D eigenvalue weighted by atomic mass is 10.2. The highest BCUT2D eigenvalue weighted by molar-refractivity contribution is 7.89. The summed E-state index contributed by atoms with van der Waals surface area (Å²) < 4.78 is 33.9. The van der Waals surface area contributed by atoms with Crippen molar-refractivity contribution in [2.24, 2.45) is 0 Å². The van der Waals surface area contributed by atoms with Gasteiger partial charge in [0.15, 0.2) is 0 Å². The largest absolute Gasteiger partial charge is 0.379 e. The van der Waals surface area contributed by atoms with Crippen molar-refractivity contribution < 1.29 is 17.9 Å². The SMILES string of the molecule is O=C(Nc1ccnn1Cc1c(Cl)cccc1Cl)c1cccc(S(=O)(=O)N2CCOCC2)c1. The molecule has 3 aromatic rings. The van der Waals surface area contributed by atoms with Crippen molar-refractivity contribution in [3.63, 3.8) is 0 Å². The van der Waals surface area contributed by atoms with E-state index in [1.165, 1.54) is 16.4 Å². The van der Waals surface area contributed by atoms with E-state index in [0.29, 0.717) is 34.6 Å². The predicted octanol–water partition coefficient (Wildman–Crippen LogP) is 3.51.